The predicted molar refractivity (Wildman–Crippen MR) is 107 cm³/mol. The van der Waals surface area contributed by atoms with E-state index in [0.29, 0.717) is 42.7 Å². The van der Waals surface area contributed by atoms with Gasteiger partial charge >= 0.3 is 11.9 Å². The van der Waals surface area contributed by atoms with E-state index < -0.39 is 28.8 Å². The maximum Gasteiger partial charge on any atom is 0.420 e. The van der Waals surface area contributed by atoms with Crippen molar-refractivity contribution in [3.05, 3.63) is 70.2 Å². The van der Waals surface area contributed by atoms with Crippen LogP contribution in [0.5, 0.6) is 0 Å². The van der Waals surface area contributed by atoms with Gasteiger partial charge in [0.15, 0.2) is 5.58 Å². The molecule has 6 nitrogen and oxygen atoms in total. The van der Waals surface area contributed by atoms with Gasteiger partial charge in [-0.1, -0.05) is 30.3 Å². The monoisotopic (exact) mass is 434 g/mol. The Morgan fingerprint density at radius 1 is 1.10 bits per heavy atom. The van der Waals surface area contributed by atoms with Crippen LogP contribution < -0.4 is 11.1 Å². The van der Waals surface area contributed by atoms with Crippen molar-refractivity contribution in [3.8, 4) is 0 Å². The Bertz CT molecular complexity index is 1140. The van der Waals surface area contributed by atoms with Crippen molar-refractivity contribution in [3.63, 3.8) is 0 Å². The molecule has 4 rings (SSSR count). The third-order valence-corrected chi connectivity index (χ3v) is 5.75. The van der Waals surface area contributed by atoms with Crippen molar-refractivity contribution in [2.45, 2.75) is 31.0 Å². The van der Waals surface area contributed by atoms with Crippen LogP contribution in [-0.2, 0) is 27.7 Å². The predicted octanol–water partition coefficient (Wildman–Crippen LogP) is 3.48. The van der Waals surface area contributed by atoms with Gasteiger partial charge in [-0.3, -0.25) is 9.36 Å². The molecule has 0 atom stereocenters. The minimum absolute atomic E-state index is 0.140. The summed E-state index contributed by atoms with van der Waals surface area (Å²) in [7, 11) is 0. The van der Waals surface area contributed by atoms with E-state index in [1.54, 1.807) is 30.3 Å². The lowest BCUT2D eigenvalue weighted by Gasteiger charge is -2.38. The van der Waals surface area contributed by atoms with Gasteiger partial charge in [0, 0.05) is 25.2 Å². The summed E-state index contributed by atoms with van der Waals surface area (Å²) < 4.78 is 51.4. The number of para-hydroxylation sites is 2. The summed E-state index contributed by atoms with van der Waals surface area (Å²) >= 11 is 0. The number of amides is 1. The minimum atomic E-state index is -4.45. The molecule has 9 heteroatoms. The van der Waals surface area contributed by atoms with Gasteiger partial charge in [-0.15, -0.1) is 0 Å². The Labute approximate surface area is 175 Å². The zero-order valence-corrected chi connectivity index (χ0v) is 16.6. The third kappa shape index (κ3) is 4.36. The third-order valence-electron chi connectivity index (χ3n) is 5.75. The number of rotatable bonds is 5. The van der Waals surface area contributed by atoms with Crippen molar-refractivity contribution in [2.24, 2.45) is 0 Å². The van der Waals surface area contributed by atoms with E-state index in [1.807, 2.05) is 0 Å². The maximum atomic E-state index is 13.2. The molecule has 31 heavy (non-hydrogen) atoms. The van der Waals surface area contributed by atoms with Gasteiger partial charge in [0.25, 0.3) is 0 Å². The Morgan fingerprint density at radius 2 is 1.84 bits per heavy atom. The van der Waals surface area contributed by atoms with Gasteiger partial charge in [-0.2, -0.15) is 13.2 Å². The van der Waals surface area contributed by atoms with Crippen molar-refractivity contribution >= 4 is 17.0 Å². The summed E-state index contributed by atoms with van der Waals surface area (Å²) in [5.74, 6) is -1.07. The molecule has 0 saturated carbocycles. The number of hydrogen-bond acceptors (Lipinski definition) is 4. The van der Waals surface area contributed by atoms with Crippen molar-refractivity contribution in [1.82, 2.24) is 9.88 Å². The Balaban J connectivity index is 1.54. The molecule has 1 fully saturated rings. The number of benzene rings is 2. The van der Waals surface area contributed by atoms with Crippen LogP contribution in [0, 0.1) is 0 Å². The highest BCUT2D eigenvalue weighted by atomic mass is 19.4. The molecule has 2 heterocycles. The number of carbonyl (C=O) groups excluding carboxylic acids is 1. The SMILES string of the molecule is O=C(Cn1c(=O)oc2ccccc21)NCC1(c2cccc(C(F)(F)F)c2)CCOCC1. The van der Waals surface area contributed by atoms with E-state index in [0.717, 1.165) is 12.1 Å². The molecule has 1 aliphatic rings. The number of ether oxygens (including phenoxy) is 1. The van der Waals surface area contributed by atoms with Crippen LogP contribution in [0.4, 0.5) is 13.2 Å². The summed E-state index contributed by atoms with van der Waals surface area (Å²) in [5, 5.41) is 2.80. The summed E-state index contributed by atoms with van der Waals surface area (Å²) in [6.45, 7) is 0.669. The first kappa shape index (κ1) is 21.2. The lowest BCUT2D eigenvalue weighted by molar-refractivity contribution is -0.137. The fourth-order valence-corrected chi connectivity index (χ4v) is 3.99. The normalized spacial score (nSPS) is 16.4. The smallest absolute Gasteiger partial charge is 0.408 e. The van der Waals surface area contributed by atoms with Crippen LogP contribution in [0.1, 0.15) is 24.0 Å². The van der Waals surface area contributed by atoms with Gasteiger partial charge in [-0.25, -0.2) is 4.79 Å². The number of aromatic nitrogens is 1. The number of hydrogen-bond donors (Lipinski definition) is 1. The molecule has 1 saturated heterocycles. The van der Waals surface area contributed by atoms with E-state index in [4.69, 9.17) is 9.15 Å². The fraction of sp³-hybridized carbons (Fsp3) is 0.364. The average Bonchev–Trinajstić information content (AvgIpc) is 3.07. The standard InChI is InChI=1S/C22H21F3N2O4/c23-22(24,25)16-5-3-4-15(12-16)21(8-10-30-11-9-21)14-26-19(28)13-27-17-6-1-2-7-18(17)31-20(27)29/h1-7,12H,8-11,13-14H2,(H,26,28). The molecule has 1 amide bonds. The van der Waals surface area contributed by atoms with Crippen LogP contribution >= 0.6 is 0 Å². The van der Waals surface area contributed by atoms with E-state index in [-0.39, 0.29) is 13.1 Å². The topological polar surface area (TPSA) is 73.5 Å². The molecule has 1 N–H and O–H groups in total. The van der Waals surface area contributed by atoms with Crippen LogP contribution in [0.3, 0.4) is 0 Å². The molecule has 3 aromatic rings. The molecular formula is C22H21F3N2O4. The molecule has 0 aliphatic carbocycles. The van der Waals surface area contributed by atoms with E-state index >= 15 is 0 Å². The number of alkyl halides is 3. The lowest BCUT2D eigenvalue weighted by atomic mass is 9.73. The van der Waals surface area contributed by atoms with Gasteiger partial charge < -0.3 is 14.5 Å². The second kappa shape index (κ2) is 8.22. The molecule has 0 bridgehead atoms. The van der Waals surface area contributed by atoms with E-state index in [9.17, 15) is 22.8 Å². The summed E-state index contributed by atoms with van der Waals surface area (Å²) in [5.41, 5.74) is -0.0135. The number of oxazole rings is 1. The molecule has 0 unspecified atom stereocenters. The Kier molecular flexibility index (Phi) is 5.62. The van der Waals surface area contributed by atoms with Crippen LogP contribution in [0.25, 0.3) is 11.1 Å². The summed E-state index contributed by atoms with van der Waals surface area (Å²) in [4.78, 5) is 24.7. The second-order valence-corrected chi connectivity index (χ2v) is 7.67. The molecule has 2 aromatic carbocycles. The Hall–Kier alpha value is -3.07. The highest BCUT2D eigenvalue weighted by Crippen LogP contribution is 2.37. The molecule has 164 valence electrons. The highest BCUT2D eigenvalue weighted by molar-refractivity contribution is 5.79. The van der Waals surface area contributed by atoms with Gasteiger partial charge in [0.05, 0.1) is 11.1 Å². The number of nitrogens with one attached hydrogen (secondary N) is 1. The molecule has 1 aromatic heterocycles. The molecule has 0 spiro atoms. The van der Waals surface area contributed by atoms with Crippen LogP contribution in [0.2, 0.25) is 0 Å². The number of nitrogens with zero attached hydrogens (tertiary/aromatic N) is 1. The molecule has 1 aliphatic heterocycles. The summed E-state index contributed by atoms with van der Waals surface area (Å²) in [6, 6.07) is 12.0. The lowest BCUT2D eigenvalue weighted by Crippen LogP contribution is -2.45. The maximum absolute atomic E-state index is 13.2. The number of carbonyl (C=O) groups is 1. The average molecular weight is 434 g/mol. The van der Waals surface area contributed by atoms with Crippen molar-refractivity contribution in [2.75, 3.05) is 19.8 Å². The van der Waals surface area contributed by atoms with Crippen molar-refractivity contribution < 1.29 is 27.1 Å². The minimum Gasteiger partial charge on any atom is -0.408 e. The van der Waals surface area contributed by atoms with Gasteiger partial charge in [-0.05, 0) is 36.6 Å². The first-order valence-electron chi connectivity index (χ1n) is 9.89. The zero-order chi connectivity index (χ0) is 22.1. The first-order valence-corrected chi connectivity index (χ1v) is 9.89. The quantitative estimate of drug-likeness (QED) is 0.668. The van der Waals surface area contributed by atoms with E-state index in [1.165, 1.54) is 10.6 Å². The van der Waals surface area contributed by atoms with Crippen molar-refractivity contribution in [1.29, 1.82) is 0 Å². The van der Waals surface area contributed by atoms with Crippen LogP contribution in [0.15, 0.2) is 57.7 Å². The zero-order valence-electron chi connectivity index (χ0n) is 16.6. The second-order valence-electron chi connectivity index (χ2n) is 7.67. The number of fused-ring (bicyclic) bond motifs is 1. The van der Waals surface area contributed by atoms with Gasteiger partial charge in [0.2, 0.25) is 5.91 Å². The van der Waals surface area contributed by atoms with Crippen LogP contribution in [-0.4, -0.2) is 30.2 Å². The summed E-state index contributed by atoms with van der Waals surface area (Å²) in [6.07, 6.45) is -3.50. The van der Waals surface area contributed by atoms with Gasteiger partial charge in [0.1, 0.15) is 6.54 Å². The Morgan fingerprint density at radius 3 is 2.58 bits per heavy atom. The van der Waals surface area contributed by atoms with E-state index in [2.05, 4.69) is 5.32 Å². The molecule has 0 radical (unpaired) electrons. The first-order chi connectivity index (χ1) is 14.8. The largest absolute Gasteiger partial charge is 0.420 e. The molecular weight excluding hydrogens is 413 g/mol. The highest BCUT2D eigenvalue weighted by Gasteiger charge is 2.37. The number of halogens is 3. The fourth-order valence-electron chi connectivity index (χ4n) is 3.99.